The van der Waals surface area contributed by atoms with Gasteiger partial charge < -0.3 is 5.32 Å². The summed E-state index contributed by atoms with van der Waals surface area (Å²) in [4.78, 5) is 24.9. The van der Waals surface area contributed by atoms with Gasteiger partial charge in [0.25, 0.3) is 0 Å². The molecular weight excluding hydrogens is 330 g/mol. The van der Waals surface area contributed by atoms with Crippen LogP contribution in [-0.4, -0.2) is 41.0 Å². The van der Waals surface area contributed by atoms with Crippen molar-refractivity contribution in [3.8, 4) is 0 Å². The number of rotatable bonds is 5. The lowest BCUT2D eigenvalue weighted by molar-refractivity contribution is -0.122. The molecule has 1 aliphatic rings. The van der Waals surface area contributed by atoms with E-state index < -0.39 is 9.84 Å². The number of carbonyl (C=O) groups is 1. The minimum atomic E-state index is -3.05. The Balaban J connectivity index is 1.83. The lowest BCUT2D eigenvalue weighted by Gasteiger charge is -2.11. The van der Waals surface area contributed by atoms with Gasteiger partial charge in [-0.25, -0.2) is 13.2 Å². The highest BCUT2D eigenvalue weighted by molar-refractivity contribution is 7.91. The number of aromatic nitrogens is 2. The fourth-order valence-electron chi connectivity index (χ4n) is 3.19. The van der Waals surface area contributed by atoms with Crippen molar-refractivity contribution >= 4 is 26.8 Å². The number of amides is 1. The second-order valence-corrected chi connectivity index (χ2v) is 8.41. The van der Waals surface area contributed by atoms with Crippen molar-refractivity contribution in [1.82, 2.24) is 14.5 Å². The van der Waals surface area contributed by atoms with Crippen LogP contribution in [0, 0.1) is 0 Å². The van der Waals surface area contributed by atoms with Gasteiger partial charge in [0.15, 0.2) is 9.84 Å². The van der Waals surface area contributed by atoms with Crippen LogP contribution in [0.4, 0.5) is 0 Å². The van der Waals surface area contributed by atoms with Crippen LogP contribution in [0.25, 0.3) is 11.0 Å². The molecule has 1 saturated heterocycles. The predicted molar refractivity (Wildman–Crippen MR) is 91.7 cm³/mol. The summed E-state index contributed by atoms with van der Waals surface area (Å²) in [5.74, 6) is -0.252. The molecule has 0 bridgehead atoms. The van der Waals surface area contributed by atoms with Crippen molar-refractivity contribution in [3.05, 3.63) is 34.7 Å². The maximum atomic E-state index is 12.6. The molecule has 2 aromatic rings. The quantitative estimate of drug-likeness (QED) is 0.850. The van der Waals surface area contributed by atoms with E-state index in [9.17, 15) is 18.0 Å². The zero-order valence-corrected chi connectivity index (χ0v) is 14.4. The summed E-state index contributed by atoms with van der Waals surface area (Å²) in [7, 11) is -3.05. The summed E-state index contributed by atoms with van der Waals surface area (Å²) in [5.41, 5.74) is 1.30. The van der Waals surface area contributed by atoms with E-state index in [-0.39, 0.29) is 35.7 Å². The summed E-state index contributed by atoms with van der Waals surface area (Å²) >= 11 is 0. The molecule has 0 radical (unpaired) electrons. The number of para-hydroxylation sites is 2. The highest BCUT2D eigenvalue weighted by Gasteiger charge is 2.29. The number of hydrogen-bond donors (Lipinski definition) is 1. The van der Waals surface area contributed by atoms with Gasteiger partial charge in [-0.3, -0.25) is 13.9 Å². The Kier molecular flexibility index (Phi) is 4.49. The number of fused-ring (bicyclic) bond motifs is 1. The second kappa shape index (κ2) is 6.43. The van der Waals surface area contributed by atoms with E-state index in [0.29, 0.717) is 18.5 Å². The number of imidazole rings is 1. The molecule has 24 heavy (non-hydrogen) atoms. The van der Waals surface area contributed by atoms with E-state index in [0.717, 1.165) is 11.9 Å². The number of carbonyl (C=O) groups excluding carboxylic acids is 1. The Hall–Kier alpha value is -2.09. The molecule has 1 atom stereocenters. The molecule has 0 aliphatic carbocycles. The first kappa shape index (κ1) is 16.8. The van der Waals surface area contributed by atoms with Crippen molar-refractivity contribution < 1.29 is 13.2 Å². The molecule has 8 heteroatoms. The Morgan fingerprint density at radius 2 is 1.92 bits per heavy atom. The van der Waals surface area contributed by atoms with Crippen LogP contribution in [0.5, 0.6) is 0 Å². The molecule has 1 fully saturated rings. The third-order valence-electron chi connectivity index (χ3n) is 4.27. The summed E-state index contributed by atoms with van der Waals surface area (Å²) in [6.07, 6.45) is 1.25. The average Bonchev–Trinajstić information content (AvgIpc) is 3.00. The van der Waals surface area contributed by atoms with Gasteiger partial charge in [0, 0.05) is 12.6 Å². The third kappa shape index (κ3) is 3.24. The van der Waals surface area contributed by atoms with E-state index in [4.69, 9.17) is 0 Å². The van der Waals surface area contributed by atoms with Crippen LogP contribution in [0.15, 0.2) is 29.1 Å². The van der Waals surface area contributed by atoms with Gasteiger partial charge in [0.05, 0.1) is 22.5 Å². The van der Waals surface area contributed by atoms with Crippen LogP contribution < -0.4 is 11.0 Å². The molecule has 130 valence electrons. The van der Waals surface area contributed by atoms with Gasteiger partial charge in [-0.1, -0.05) is 19.1 Å². The number of nitrogens with one attached hydrogen (secondary N) is 1. The van der Waals surface area contributed by atoms with Crippen molar-refractivity contribution in [2.45, 2.75) is 38.9 Å². The first-order chi connectivity index (χ1) is 11.4. The van der Waals surface area contributed by atoms with E-state index in [2.05, 4.69) is 5.32 Å². The monoisotopic (exact) mass is 351 g/mol. The fraction of sp³-hybridized carbons (Fsp3) is 0.500. The third-order valence-corrected chi connectivity index (χ3v) is 6.04. The summed E-state index contributed by atoms with van der Waals surface area (Å²) in [6.45, 7) is 2.48. The number of benzene rings is 1. The fourth-order valence-corrected chi connectivity index (χ4v) is 4.86. The van der Waals surface area contributed by atoms with E-state index in [1.807, 2.05) is 31.2 Å². The summed E-state index contributed by atoms with van der Waals surface area (Å²) < 4.78 is 26.1. The smallest absolute Gasteiger partial charge is 0.329 e. The maximum absolute atomic E-state index is 12.6. The molecule has 0 spiro atoms. The lowest BCUT2D eigenvalue weighted by Crippen LogP contribution is -2.39. The SMILES string of the molecule is CCCn1c(=O)n(CC(=O)NC2CCS(=O)(=O)C2)c2ccccc21. The van der Waals surface area contributed by atoms with Crippen molar-refractivity contribution in [2.75, 3.05) is 11.5 Å². The zero-order valence-electron chi connectivity index (χ0n) is 13.6. The maximum Gasteiger partial charge on any atom is 0.329 e. The van der Waals surface area contributed by atoms with Crippen LogP contribution >= 0.6 is 0 Å². The van der Waals surface area contributed by atoms with Crippen LogP contribution in [-0.2, 0) is 27.7 Å². The molecule has 7 nitrogen and oxygen atoms in total. The van der Waals surface area contributed by atoms with Crippen LogP contribution in [0.1, 0.15) is 19.8 Å². The van der Waals surface area contributed by atoms with Gasteiger partial charge >= 0.3 is 5.69 Å². The van der Waals surface area contributed by atoms with E-state index >= 15 is 0 Å². The molecule has 1 aliphatic heterocycles. The predicted octanol–water partition coefficient (Wildman–Crippen LogP) is 0.516. The van der Waals surface area contributed by atoms with Gasteiger partial charge in [-0.15, -0.1) is 0 Å². The normalized spacial score (nSPS) is 19.6. The highest BCUT2D eigenvalue weighted by Crippen LogP contribution is 2.14. The molecule has 2 heterocycles. The first-order valence-corrected chi connectivity index (χ1v) is 9.91. The van der Waals surface area contributed by atoms with Gasteiger partial charge in [-0.05, 0) is 25.0 Å². The number of nitrogens with zero attached hydrogens (tertiary/aromatic N) is 2. The Morgan fingerprint density at radius 1 is 1.25 bits per heavy atom. The topological polar surface area (TPSA) is 90.2 Å². The molecule has 1 N–H and O–H groups in total. The van der Waals surface area contributed by atoms with Gasteiger partial charge in [-0.2, -0.15) is 0 Å². The molecule has 1 amide bonds. The standard InChI is InChI=1S/C16H21N3O4S/c1-2-8-18-13-5-3-4-6-14(13)19(16(18)21)10-15(20)17-12-7-9-24(22,23)11-12/h3-6,12H,2,7-11H2,1H3,(H,17,20). The van der Waals surface area contributed by atoms with Gasteiger partial charge in [0.2, 0.25) is 5.91 Å². The Bertz CT molecular complexity index is 926. The van der Waals surface area contributed by atoms with Gasteiger partial charge in [0.1, 0.15) is 6.54 Å². The Labute approximate surface area is 140 Å². The number of sulfone groups is 1. The van der Waals surface area contributed by atoms with Crippen molar-refractivity contribution in [3.63, 3.8) is 0 Å². The molecule has 1 aromatic heterocycles. The summed E-state index contributed by atoms with van der Waals surface area (Å²) in [5, 5.41) is 2.73. The van der Waals surface area contributed by atoms with E-state index in [1.165, 1.54) is 4.57 Å². The molecule has 1 aromatic carbocycles. The Morgan fingerprint density at radius 3 is 2.50 bits per heavy atom. The zero-order chi connectivity index (χ0) is 17.3. The second-order valence-electron chi connectivity index (χ2n) is 6.18. The average molecular weight is 351 g/mol. The lowest BCUT2D eigenvalue weighted by atomic mass is 10.2. The molecule has 3 rings (SSSR count). The molecular formula is C16H21N3O4S. The molecule has 1 unspecified atom stereocenters. The minimum Gasteiger partial charge on any atom is -0.351 e. The van der Waals surface area contributed by atoms with Crippen molar-refractivity contribution in [2.24, 2.45) is 0 Å². The van der Waals surface area contributed by atoms with Crippen molar-refractivity contribution in [1.29, 1.82) is 0 Å². The first-order valence-electron chi connectivity index (χ1n) is 8.09. The number of hydrogen-bond acceptors (Lipinski definition) is 4. The van der Waals surface area contributed by atoms with Crippen LogP contribution in [0.2, 0.25) is 0 Å². The van der Waals surface area contributed by atoms with Crippen LogP contribution in [0.3, 0.4) is 0 Å². The largest absolute Gasteiger partial charge is 0.351 e. The van der Waals surface area contributed by atoms with E-state index in [1.54, 1.807) is 4.57 Å². The minimum absolute atomic E-state index is 0.0226. The molecule has 0 saturated carbocycles. The number of aryl methyl sites for hydroxylation is 1. The highest BCUT2D eigenvalue weighted by atomic mass is 32.2. The summed E-state index contributed by atoms with van der Waals surface area (Å²) in [6, 6.07) is 7.01.